The molecule has 0 atom stereocenters. The highest BCUT2D eigenvalue weighted by Gasteiger charge is 2.21. The molecule has 1 N–H and O–H groups in total. The lowest BCUT2D eigenvalue weighted by molar-refractivity contribution is -0.137. The van der Waals surface area contributed by atoms with Gasteiger partial charge in [0, 0.05) is 41.8 Å². The van der Waals surface area contributed by atoms with Gasteiger partial charge in [0.1, 0.15) is 17.3 Å². The number of carboxylic acids is 1. The van der Waals surface area contributed by atoms with Crippen LogP contribution in [0, 0.1) is 25.5 Å². The van der Waals surface area contributed by atoms with E-state index in [0.29, 0.717) is 35.5 Å². The van der Waals surface area contributed by atoms with Crippen molar-refractivity contribution in [3.8, 4) is 28.3 Å². The predicted octanol–water partition coefficient (Wildman–Crippen LogP) is 6.51. The Morgan fingerprint density at radius 1 is 1.08 bits per heavy atom. The highest BCUT2D eigenvalue weighted by molar-refractivity contribution is 6.30. The van der Waals surface area contributed by atoms with E-state index in [1.807, 2.05) is 13.8 Å². The summed E-state index contributed by atoms with van der Waals surface area (Å²) in [7, 11) is 0. The molecule has 0 aliphatic heterocycles. The molecule has 0 spiro atoms. The number of aliphatic carboxylic acids is 1. The van der Waals surface area contributed by atoms with Crippen LogP contribution in [0.25, 0.3) is 28.3 Å². The number of oxazole rings is 1. The van der Waals surface area contributed by atoms with Crippen LogP contribution in [0.5, 0.6) is 0 Å². The van der Waals surface area contributed by atoms with Crippen molar-refractivity contribution < 1.29 is 23.1 Å². The molecule has 0 amide bonds. The average molecular weight is 513 g/mol. The molecule has 2 aromatic heterocycles. The summed E-state index contributed by atoms with van der Waals surface area (Å²) in [6.07, 6.45) is 2.87. The van der Waals surface area contributed by atoms with E-state index in [4.69, 9.17) is 21.1 Å². The van der Waals surface area contributed by atoms with E-state index < -0.39 is 17.6 Å². The molecule has 9 heteroatoms. The molecular formula is C27H23ClF2N2O4. The zero-order valence-corrected chi connectivity index (χ0v) is 20.4. The maximum absolute atomic E-state index is 14.7. The topological polar surface area (TPSA) is 85.3 Å². The Balaban J connectivity index is 1.83. The van der Waals surface area contributed by atoms with Gasteiger partial charge < -0.3 is 9.52 Å². The van der Waals surface area contributed by atoms with Gasteiger partial charge in [0.25, 0.3) is 5.56 Å². The number of halogens is 3. The van der Waals surface area contributed by atoms with E-state index >= 15 is 0 Å². The first-order valence-corrected chi connectivity index (χ1v) is 11.7. The quantitative estimate of drug-likeness (QED) is 0.272. The van der Waals surface area contributed by atoms with Gasteiger partial charge >= 0.3 is 5.97 Å². The van der Waals surface area contributed by atoms with E-state index in [2.05, 4.69) is 4.98 Å². The molecule has 4 aromatic rings. The highest BCUT2D eigenvalue weighted by Crippen LogP contribution is 2.35. The summed E-state index contributed by atoms with van der Waals surface area (Å²) in [6, 6.07) is 9.62. The number of aryl methyl sites for hydroxylation is 3. The predicted molar refractivity (Wildman–Crippen MR) is 133 cm³/mol. The summed E-state index contributed by atoms with van der Waals surface area (Å²) < 4.78 is 35.7. The lowest BCUT2D eigenvalue weighted by Crippen LogP contribution is -2.18. The maximum Gasteiger partial charge on any atom is 0.303 e. The smallest absolute Gasteiger partial charge is 0.303 e. The maximum atomic E-state index is 14.7. The lowest BCUT2D eigenvalue weighted by atomic mass is 10.1. The van der Waals surface area contributed by atoms with Crippen molar-refractivity contribution in [3.05, 3.63) is 92.7 Å². The van der Waals surface area contributed by atoms with E-state index in [9.17, 15) is 18.4 Å². The van der Waals surface area contributed by atoms with Crippen LogP contribution in [-0.2, 0) is 11.2 Å². The molecule has 0 aliphatic rings. The molecule has 0 bridgehead atoms. The van der Waals surface area contributed by atoms with Crippen molar-refractivity contribution >= 4 is 17.6 Å². The SMILES string of the molecule is Cc1cc(Cl)cc(C)c1-n1cc(-c2nc(CCCCC(=O)O)oc2-c2ccc(F)cc2F)ccc1=O. The van der Waals surface area contributed by atoms with Crippen LogP contribution in [0.15, 0.2) is 57.9 Å². The summed E-state index contributed by atoms with van der Waals surface area (Å²) in [5.41, 5.74) is 2.77. The number of pyridine rings is 1. The monoisotopic (exact) mass is 512 g/mol. The van der Waals surface area contributed by atoms with Gasteiger partial charge in [-0.1, -0.05) is 11.6 Å². The number of carboxylic acid groups (broad SMARTS) is 1. The molecule has 2 heterocycles. The number of hydrogen-bond donors (Lipinski definition) is 1. The Hall–Kier alpha value is -3.78. The average Bonchev–Trinajstić information content (AvgIpc) is 3.21. The van der Waals surface area contributed by atoms with Gasteiger partial charge in [0.2, 0.25) is 0 Å². The van der Waals surface area contributed by atoms with Crippen molar-refractivity contribution in [1.29, 1.82) is 0 Å². The van der Waals surface area contributed by atoms with Gasteiger partial charge in [-0.2, -0.15) is 0 Å². The number of carbonyl (C=O) groups is 1. The lowest BCUT2D eigenvalue weighted by Gasteiger charge is -2.14. The van der Waals surface area contributed by atoms with Crippen LogP contribution in [0.2, 0.25) is 5.02 Å². The van der Waals surface area contributed by atoms with Gasteiger partial charge in [-0.05, 0) is 68.1 Å². The fourth-order valence-corrected chi connectivity index (χ4v) is 4.49. The molecule has 0 radical (unpaired) electrons. The first kappa shape index (κ1) is 25.3. The van der Waals surface area contributed by atoms with Crippen molar-refractivity contribution in [3.63, 3.8) is 0 Å². The number of rotatable bonds is 8. The van der Waals surface area contributed by atoms with Gasteiger partial charge in [0.05, 0.1) is 11.3 Å². The molecule has 0 unspecified atom stereocenters. The fraction of sp³-hybridized carbons (Fsp3) is 0.222. The summed E-state index contributed by atoms with van der Waals surface area (Å²) in [5, 5.41) is 9.41. The second-order valence-corrected chi connectivity index (χ2v) is 8.96. The van der Waals surface area contributed by atoms with Crippen molar-refractivity contribution in [2.45, 2.75) is 39.5 Å². The molecule has 6 nitrogen and oxygen atoms in total. The van der Waals surface area contributed by atoms with Crippen molar-refractivity contribution in [2.75, 3.05) is 0 Å². The minimum absolute atomic E-state index is 0.0117. The van der Waals surface area contributed by atoms with Crippen LogP contribution >= 0.6 is 11.6 Å². The minimum Gasteiger partial charge on any atom is -0.481 e. The van der Waals surface area contributed by atoms with Crippen LogP contribution in [0.1, 0.15) is 36.3 Å². The normalized spacial score (nSPS) is 11.1. The van der Waals surface area contributed by atoms with Crippen molar-refractivity contribution in [2.24, 2.45) is 0 Å². The zero-order chi connectivity index (χ0) is 26.0. The summed E-state index contributed by atoms with van der Waals surface area (Å²) in [5.74, 6) is -2.07. The molecule has 36 heavy (non-hydrogen) atoms. The molecular weight excluding hydrogens is 490 g/mol. The second-order valence-electron chi connectivity index (χ2n) is 8.52. The first-order chi connectivity index (χ1) is 17.1. The third-order valence-electron chi connectivity index (χ3n) is 5.76. The van der Waals surface area contributed by atoms with Gasteiger partial charge in [-0.3, -0.25) is 14.2 Å². The van der Waals surface area contributed by atoms with Gasteiger partial charge in [0.15, 0.2) is 11.7 Å². The van der Waals surface area contributed by atoms with Crippen LogP contribution < -0.4 is 5.56 Å². The second kappa shape index (κ2) is 10.5. The van der Waals surface area contributed by atoms with Crippen LogP contribution in [0.3, 0.4) is 0 Å². The van der Waals surface area contributed by atoms with E-state index in [1.54, 1.807) is 24.4 Å². The third kappa shape index (κ3) is 5.39. The van der Waals surface area contributed by atoms with Crippen LogP contribution in [0.4, 0.5) is 8.78 Å². The molecule has 0 aliphatic carbocycles. The Morgan fingerprint density at radius 3 is 2.47 bits per heavy atom. The number of hydrogen-bond acceptors (Lipinski definition) is 4. The Kier molecular flexibility index (Phi) is 7.35. The Bertz CT molecular complexity index is 1490. The molecule has 0 saturated carbocycles. The highest BCUT2D eigenvalue weighted by atomic mass is 35.5. The van der Waals surface area contributed by atoms with E-state index in [0.717, 1.165) is 23.3 Å². The third-order valence-corrected chi connectivity index (χ3v) is 5.98. The first-order valence-electron chi connectivity index (χ1n) is 11.3. The van der Waals surface area contributed by atoms with Crippen molar-refractivity contribution in [1.82, 2.24) is 9.55 Å². The fourth-order valence-electron chi connectivity index (χ4n) is 4.16. The zero-order valence-electron chi connectivity index (χ0n) is 19.6. The summed E-state index contributed by atoms with van der Waals surface area (Å²) in [4.78, 5) is 28.2. The van der Waals surface area contributed by atoms with Gasteiger partial charge in [-0.25, -0.2) is 13.8 Å². The largest absolute Gasteiger partial charge is 0.481 e. The molecule has 0 saturated heterocycles. The summed E-state index contributed by atoms with van der Waals surface area (Å²) in [6.45, 7) is 3.69. The summed E-state index contributed by atoms with van der Waals surface area (Å²) >= 11 is 6.16. The van der Waals surface area contributed by atoms with Gasteiger partial charge in [-0.15, -0.1) is 0 Å². The Morgan fingerprint density at radius 2 is 1.81 bits per heavy atom. The number of unbranched alkanes of at least 4 members (excludes halogenated alkanes) is 1. The Labute approximate surface area is 210 Å². The number of nitrogens with zero attached hydrogens (tertiary/aromatic N) is 2. The van der Waals surface area contributed by atoms with E-state index in [-0.39, 0.29) is 34.9 Å². The van der Waals surface area contributed by atoms with Crippen LogP contribution in [-0.4, -0.2) is 20.6 Å². The standard InChI is InChI=1S/C27H23ClF2N2O4/c1-15-11-18(28)12-16(2)26(15)32-14-17(7-10-23(32)33)25-27(20-9-8-19(29)13-21(20)30)36-22(31-25)5-3-4-6-24(34)35/h7-14H,3-6H2,1-2H3,(H,34,35). The number of aromatic nitrogens is 2. The minimum atomic E-state index is -0.896. The molecule has 186 valence electrons. The molecule has 4 rings (SSSR count). The molecule has 2 aromatic carbocycles. The number of benzene rings is 2. The van der Waals surface area contributed by atoms with E-state index in [1.165, 1.54) is 16.7 Å². The molecule has 0 fully saturated rings.